The Hall–Kier alpha value is -0.110. The maximum Gasteiger partial charge on any atom is 0.0269 e. The highest BCUT2D eigenvalue weighted by Gasteiger charge is 1.95. The summed E-state index contributed by atoms with van der Waals surface area (Å²) in [5.41, 5.74) is 0. The molecule has 2 heteroatoms. The molecule has 0 aliphatic rings. The van der Waals surface area contributed by atoms with E-state index in [0.29, 0.717) is 0 Å². The summed E-state index contributed by atoms with van der Waals surface area (Å²) in [4.78, 5) is 0. The Labute approximate surface area is 66.0 Å². The molecule has 0 saturated carbocycles. The molecule has 0 N–H and O–H groups in total. The lowest BCUT2D eigenvalue weighted by Crippen LogP contribution is -2.00. The van der Waals surface area contributed by atoms with Crippen molar-refractivity contribution in [3.8, 4) is 0 Å². The van der Waals surface area contributed by atoms with E-state index in [1.54, 1.807) is 0 Å². The predicted octanol–water partition coefficient (Wildman–Crippen LogP) is 2.11. The SMILES string of the molecule is C=CCC[S@](=O)CCCC. The molecule has 1 nitrogen and oxygen atoms in total. The van der Waals surface area contributed by atoms with Crippen LogP contribution < -0.4 is 0 Å². The Morgan fingerprint density at radius 1 is 1.50 bits per heavy atom. The van der Waals surface area contributed by atoms with Crippen LogP contribution in [0.2, 0.25) is 0 Å². The molecule has 0 radical (unpaired) electrons. The molecule has 0 bridgehead atoms. The second-order valence-corrected chi connectivity index (χ2v) is 3.98. The van der Waals surface area contributed by atoms with Crippen molar-refractivity contribution in [2.24, 2.45) is 0 Å². The molecular weight excluding hydrogens is 144 g/mol. The summed E-state index contributed by atoms with van der Waals surface area (Å²) in [5, 5.41) is 0. The van der Waals surface area contributed by atoms with Gasteiger partial charge in [0.05, 0.1) is 0 Å². The fourth-order valence-corrected chi connectivity index (χ4v) is 1.87. The number of allylic oxidation sites excluding steroid dienone is 1. The average molecular weight is 160 g/mol. The predicted molar refractivity (Wildman–Crippen MR) is 47.6 cm³/mol. The van der Waals surface area contributed by atoms with Crippen LogP contribution in [0.1, 0.15) is 26.2 Å². The quantitative estimate of drug-likeness (QED) is 0.544. The summed E-state index contributed by atoms with van der Waals surface area (Å²) in [6.45, 7) is 5.69. The van der Waals surface area contributed by atoms with Gasteiger partial charge in [-0.15, -0.1) is 6.58 Å². The molecule has 0 saturated heterocycles. The van der Waals surface area contributed by atoms with Gasteiger partial charge in [0.25, 0.3) is 0 Å². The first-order chi connectivity index (χ1) is 4.81. The molecular formula is C8H16OS. The van der Waals surface area contributed by atoms with E-state index in [4.69, 9.17) is 0 Å². The van der Waals surface area contributed by atoms with E-state index in [2.05, 4.69) is 13.5 Å². The number of hydrogen-bond donors (Lipinski definition) is 0. The van der Waals surface area contributed by atoms with Crippen molar-refractivity contribution >= 4 is 10.8 Å². The fourth-order valence-electron chi connectivity index (χ4n) is 0.622. The van der Waals surface area contributed by atoms with Crippen molar-refractivity contribution < 1.29 is 4.21 Å². The lowest BCUT2D eigenvalue weighted by atomic mass is 10.4. The van der Waals surface area contributed by atoms with Gasteiger partial charge in [0.2, 0.25) is 0 Å². The van der Waals surface area contributed by atoms with Gasteiger partial charge >= 0.3 is 0 Å². The van der Waals surface area contributed by atoms with E-state index < -0.39 is 10.8 Å². The summed E-state index contributed by atoms with van der Waals surface area (Å²) >= 11 is 0. The van der Waals surface area contributed by atoms with Gasteiger partial charge in [0, 0.05) is 22.3 Å². The van der Waals surface area contributed by atoms with Crippen LogP contribution >= 0.6 is 0 Å². The lowest BCUT2D eigenvalue weighted by Gasteiger charge is -1.96. The summed E-state index contributed by atoms with van der Waals surface area (Å²) in [7, 11) is -0.591. The normalized spacial score (nSPS) is 12.9. The molecule has 10 heavy (non-hydrogen) atoms. The average Bonchev–Trinajstić information content (AvgIpc) is 1.97. The highest BCUT2D eigenvalue weighted by molar-refractivity contribution is 7.84. The van der Waals surface area contributed by atoms with E-state index in [9.17, 15) is 4.21 Å². The Bertz CT molecular complexity index is 110. The van der Waals surface area contributed by atoms with E-state index in [-0.39, 0.29) is 0 Å². The van der Waals surface area contributed by atoms with Crippen molar-refractivity contribution in [3.05, 3.63) is 12.7 Å². The second kappa shape index (κ2) is 7.00. The first-order valence-electron chi connectivity index (χ1n) is 3.77. The maximum atomic E-state index is 11.0. The molecule has 0 aromatic carbocycles. The lowest BCUT2D eigenvalue weighted by molar-refractivity contribution is 0.679. The third-order valence-corrected chi connectivity index (χ3v) is 2.71. The molecule has 0 aliphatic carbocycles. The van der Waals surface area contributed by atoms with Crippen LogP contribution in [0.4, 0.5) is 0 Å². The highest BCUT2D eigenvalue weighted by Crippen LogP contribution is 1.94. The summed E-state index contributed by atoms with van der Waals surface area (Å²) in [6, 6.07) is 0. The molecule has 0 aromatic rings. The highest BCUT2D eigenvalue weighted by atomic mass is 32.2. The fraction of sp³-hybridized carbons (Fsp3) is 0.750. The van der Waals surface area contributed by atoms with Gasteiger partial charge in [0.1, 0.15) is 0 Å². The van der Waals surface area contributed by atoms with Crippen LogP contribution in [0.5, 0.6) is 0 Å². The Balaban J connectivity index is 3.16. The van der Waals surface area contributed by atoms with Gasteiger partial charge in [-0.1, -0.05) is 19.4 Å². The largest absolute Gasteiger partial charge is 0.260 e. The number of hydrogen-bond acceptors (Lipinski definition) is 1. The van der Waals surface area contributed by atoms with Crippen LogP contribution in [-0.2, 0) is 10.8 Å². The molecule has 0 amide bonds. The number of unbranched alkanes of at least 4 members (excludes halogenated alkanes) is 1. The smallest absolute Gasteiger partial charge is 0.0269 e. The van der Waals surface area contributed by atoms with Crippen molar-refractivity contribution in [3.63, 3.8) is 0 Å². The van der Waals surface area contributed by atoms with Crippen molar-refractivity contribution in [2.45, 2.75) is 26.2 Å². The zero-order chi connectivity index (χ0) is 7.82. The minimum Gasteiger partial charge on any atom is -0.260 e. The molecule has 0 aliphatic heterocycles. The van der Waals surface area contributed by atoms with Gasteiger partial charge in [-0.05, 0) is 12.8 Å². The minimum atomic E-state index is -0.591. The summed E-state index contributed by atoms with van der Waals surface area (Å²) in [5.74, 6) is 1.66. The van der Waals surface area contributed by atoms with Crippen molar-refractivity contribution in [2.75, 3.05) is 11.5 Å². The van der Waals surface area contributed by atoms with Gasteiger partial charge in [-0.2, -0.15) is 0 Å². The van der Waals surface area contributed by atoms with Gasteiger partial charge in [-0.3, -0.25) is 4.21 Å². The van der Waals surface area contributed by atoms with E-state index in [1.807, 2.05) is 6.08 Å². The van der Waals surface area contributed by atoms with Gasteiger partial charge in [-0.25, -0.2) is 0 Å². The molecule has 0 spiro atoms. The standard InChI is InChI=1S/C8H16OS/c1-3-5-7-10(9)8-6-4-2/h3H,1,4-8H2,2H3/t10-/m0/s1. The van der Waals surface area contributed by atoms with Crippen molar-refractivity contribution in [1.82, 2.24) is 0 Å². The van der Waals surface area contributed by atoms with E-state index in [0.717, 1.165) is 30.8 Å². The zero-order valence-corrected chi connectivity index (χ0v) is 7.45. The van der Waals surface area contributed by atoms with Crippen molar-refractivity contribution in [1.29, 1.82) is 0 Å². The van der Waals surface area contributed by atoms with Crippen LogP contribution in [-0.4, -0.2) is 15.7 Å². The molecule has 0 rings (SSSR count). The molecule has 60 valence electrons. The molecule has 0 heterocycles. The Kier molecular flexibility index (Phi) is 6.93. The first-order valence-corrected chi connectivity index (χ1v) is 5.26. The Morgan fingerprint density at radius 3 is 2.70 bits per heavy atom. The molecule has 0 aromatic heterocycles. The molecule has 1 atom stereocenters. The molecule has 0 fully saturated rings. The summed E-state index contributed by atoms with van der Waals surface area (Å²) < 4.78 is 11.0. The van der Waals surface area contributed by atoms with Gasteiger partial charge in [0.15, 0.2) is 0 Å². The minimum absolute atomic E-state index is 0.591. The summed E-state index contributed by atoms with van der Waals surface area (Å²) in [6.07, 6.45) is 4.93. The third-order valence-electron chi connectivity index (χ3n) is 1.28. The Morgan fingerprint density at radius 2 is 2.20 bits per heavy atom. The van der Waals surface area contributed by atoms with Crippen LogP contribution in [0.25, 0.3) is 0 Å². The van der Waals surface area contributed by atoms with Crippen LogP contribution in [0.15, 0.2) is 12.7 Å². The topological polar surface area (TPSA) is 17.1 Å². The maximum absolute atomic E-state index is 11.0. The third kappa shape index (κ3) is 6.02. The van der Waals surface area contributed by atoms with Gasteiger partial charge < -0.3 is 0 Å². The number of rotatable bonds is 6. The second-order valence-electron chi connectivity index (χ2n) is 2.28. The van der Waals surface area contributed by atoms with Crippen LogP contribution in [0.3, 0.4) is 0 Å². The van der Waals surface area contributed by atoms with Crippen LogP contribution in [0, 0.1) is 0 Å². The zero-order valence-electron chi connectivity index (χ0n) is 6.64. The van der Waals surface area contributed by atoms with E-state index >= 15 is 0 Å². The monoisotopic (exact) mass is 160 g/mol. The van der Waals surface area contributed by atoms with E-state index in [1.165, 1.54) is 0 Å². The first kappa shape index (κ1) is 9.89. The molecule has 0 unspecified atom stereocenters.